The van der Waals surface area contributed by atoms with Crippen LogP contribution in [-0.2, 0) is 0 Å². The van der Waals surface area contributed by atoms with Crippen LogP contribution in [0.4, 0.5) is 0 Å². The second-order valence-corrected chi connectivity index (χ2v) is 5.28. The molecule has 0 amide bonds. The fourth-order valence-electron chi connectivity index (χ4n) is 1.94. The van der Waals surface area contributed by atoms with Gasteiger partial charge in [0.2, 0.25) is 0 Å². The summed E-state index contributed by atoms with van der Waals surface area (Å²) >= 11 is 7.76. The van der Waals surface area contributed by atoms with E-state index in [4.69, 9.17) is 16.3 Å². The van der Waals surface area contributed by atoms with Gasteiger partial charge in [0.25, 0.3) is 0 Å². The van der Waals surface area contributed by atoms with Crippen molar-refractivity contribution < 1.29 is 4.74 Å². The molecular formula is C14H16ClNOS. The summed E-state index contributed by atoms with van der Waals surface area (Å²) in [6.07, 6.45) is 0. The third-order valence-corrected chi connectivity index (χ3v) is 3.93. The van der Waals surface area contributed by atoms with E-state index in [9.17, 15) is 0 Å². The molecule has 4 heteroatoms. The first-order valence-corrected chi connectivity index (χ1v) is 7.12. The minimum atomic E-state index is 0.128. The lowest BCUT2D eigenvalue weighted by atomic mass is 10.0. The maximum Gasteiger partial charge on any atom is 0.134 e. The van der Waals surface area contributed by atoms with Crippen molar-refractivity contribution in [2.75, 3.05) is 13.7 Å². The molecule has 0 saturated heterocycles. The van der Waals surface area contributed by atoms with E-state index >= 15 is 0 Å². The van der Waals surface area contributed by atoms with Crippen LogP contribution in [0.25, 0.3) is 0 Å². The summed E-state index contributed by atoms with van der Waals surface area (Å²) in [5, 5.41) is 6.28. The van der Waals surface area contributed by atoms with Gasteiger partial charge < -0.3 is 10.1 Å². The monoisotopic (exact) mass is 281 g/mol. The van der Waals surface area contributed by atoms with Crippen molar-refractivity contribution >= 4 is 22.9 Å². The van der Waals surface area contributed by atoms with E-state index in [2.05, 4.69) is 18.3 Å². The fraction of sp³-hybridized carbons (Fsp3) is 0.286. The first kappa shape index (κ1) is 13.4. The molecular weight excluding hydrogens is 266 g/mol. The highest BCUT2D eigenvalue weighted by atomic mass is 35.5. The molecule has 1 heterocycles. The first-order chi connectivity index (χ1) is 8.76. The SMILES string of the molecule is CCNC(c1cccc(Cl)c1)c1sccc1OC. The Balaban J connectivity index is 2.39. The van der Waals surface area contributed by atoms with Gasteiger partial charge in [0.1, 0.15) is 5.75 Å². The molecule has 2 nitrogen and oxygen atoms in total. The van der Waals surface area contributed by atoms with E-state index in [1.807, 2.05) is 29.6 Å². The van der Waals surface area contributed by atoms with Gasteiger partial charge in [-0.3, -0.25) is 0 Å². The summed E-state index contributed by atoms with van der Waals surface area (Å²) in [6.45, 7) is 2.98. The summed E-state index contributed by atoms with van der Waals surface area (Å²) in [6, 6.07) is 10.1. The van der Waals surface area contributed by atoms with Gasteiger partial charge in [-0.1, -0.05) is 30.7 Å². The zero-order valence-electron chi connectivity index (χ0n) is 10.4. The maximum absolute atomic E-state index is 6.07. The molecule has 0 aliphatic heterocycles. The van der Waals surface area contributed by atoms with Gasteiger partial charge >= 0.3 is 0 Å². The predicted molar refractivity (Wildman–Crippen MR) is 77.8 cm³/mol. The molecule has 0 saturated carbocycles. The first-order valence-electron chi connectivity index (χ1n) is 5.86. The van der Waals surface area contributed by atoms with E-state index in [1.165, 1.54) is 4.88 Å². The lowest BCUT2D eigenvalue weighted by Crippen LogP contribution is -2.21. The number of nitrogens with one attached hydrogen (secondary N) is 1. The van der Waals surface area contributed by atoms with Crippen LogP contribution in [0, 0.1) is 0 Å². The Labute approximate surface area is 117 Å². The molecule has 2 rings (SSSR count). The highest BCUT2D eigenvalue weighted by Crippen LogP contribution is 2.35. The van der Waals surface area contributed by atoms with Crippen LogP contribution in [0.15, 0.2) is 35.7 Å². The van der Waals surface area contributed by atoms with Crippen LogP contribution in [0.2, 0.25) is 5.02 Å². The molecule has 0 fully saturated rings. The summed E-state index contributed by atoms with van der Waals surface area (Å²) in [5.74, 6) is 0.922. The van der Waals surface area contributed by atoms with Crippen molar-refractivity contribution in [2.45, 2.75) is 13.0 Å². The number of hydrogen-bond acceptors (Lipinski definition) is 3. The Morgan fingerprint density at radius 3 is 2.89 bits per heavy atom. The number of rotatable bonds is 5. The second-order valence-electron chi connectivity index (χ2n) is 3.90. The molecule has 1 aromatic heterocycles. The lowest BCUT2D eigenvalue weighted by Gasteiger charge is -2.18. The molecule has 2 aromatic rings. The number of halogens is 1. The van der Waals surface area contributed by atoms with Gasteiger partial charge in [-0.2, -0.15) is 0 Å². The van der Waals surface area contributed by atoms with Crippen LogP contribution in [0.3, 0.4) is 0 Å². The summed E-state index contributed by atoms with van der Waals surface area (Å²) in [4.78, 5) is 1.18. The molecule has 0 spiro atoms. The highest BCUT2D eigenvalue weighted by molar-refractivity contribution is 7.10. The van der Waals surface area contributed by atoms with Crippen molar-refractivity contribution in [3.8, 4) is 5.75 Å². The van der Waals surface area contributed by atoms with Crippen molar-refractivity contribution in [1.29, 1.82) is 0 Å². The third kappa shape index (κ3) is 2.86. The molecule has 18 heavy (non-hydrogen) atoms. The Bertz CT molecular complexity index is 512. The molecule has 0 bridgehead atoms. The van der Waals surface area contributed by atoms with E-state index < -0.39 is 0 Å². The van der Waals surface area contributed by atoms with Crippen LogP contribution >= 0.6 is 22.9 Å². The molecule has 1 aromatic carbocycles. The Morgan fingerprint density at radius 1 is 1.39 bits per heavy atom. The minimum absolute atomic E-state index is 0.128. The van der Waals surface area contributed by atoms with E-state index in [-0.39, 0.29) is 6.04 Å². The predicted octanol–water partition coefficient (Wildman–Crippen LogP) is 4.11. The number of hydrogen-bond donors (Lipinski definition) is 1. The smallest absolute Gasteiger partial charge is 0.134 e. The molecule has 1 atom stereocenters. The maximum atomic E-state index is 6.07. The van der Waals surface area contributed by atoms with E-state index in [0.29, 0.717) is 0 Å². The largest absolute Gasteiger partial charge is 0.496 e. The Kier molecular flexibility index (Phi) is 4.64. The van der Waals surface area contributed by atoms with Gasteiger partial charge in [-0.05, 0) is 35.7 Å². The highest BCUT2D eigenvalue weighted by Gasteiger charge is 2.18. The summed E-state index contributed by atoms with van der Waals surface area (Å²) in [7, 11) is 1.70. The van der Waals surface area contributed by atoms with Crippen molar-refractivity contribution in [3.05, 3.63) is 51.2 Å². The minimum Gasteiger partial charge on any atom is -0.496 e. The van der Waals surface area contributed by atoms with Gasteiger partial charge in [0, 0.05) is 5.02 Å². The molecule has 1 N–H and O–H groups in total. The third-order valence-electron chi connectivity index (χ3n) is 2.73. The van der Waals surface area contributed by atoms with Crippen LogP contribution in [0.5, 0.6) is 5.75 Å². The van der Waals surface area contributed by atoms with E-state index in [0.717, 1.165) is 22.9 Å². The summed E-state index contributed by atoms with van der Waals surface area (Å²) in [5.41, 5.74) is 1.16. The van der Waals surface area contributed by atoms with Crippen molar-refractivity contribution in [2.24, 2.45) is 0 Å². The van der Waals surface area contributed by atoms with Crippen molar-refractivity contribution in [3.63, 3.8) is 0 Å². The average molecular weight is 282 g/mol. The van der Waals surface area contributed by atoms with Crippen molar-refractivity contribution in [1.82, 2.24) is 5.32 Å². The standard InChI is InChI=1S/C14H16ClNOS/c1-3-16-13(10-5-4-6-11(15)9-10)14-12(17-2)7-8-18-14/h4-9,13,16H,3H2,1-2H3. The molecule has 0 aliphatic rings. The van der Waals surface area contributed by atoms with E-state index in [1.54, 1.807) is 18.4 Å². The number of benzene rings is 1. The molecule has 96 valence electrons. The van der Waals surface area contributed by atoms with Gasteiger partial charge in [0.05, 0.1) is 18.0 Å². The number of methoxy groups -OCH3 is 1. The fourth-order valence-corrected chi connectivity index (χ4v) is 3.10. The Morgan fingerprint density at radius 2 is 2.22 bits per heavy atom. The molecule has 0 radical (unpaired) electrons. The number of ether oxygens (including phenoxy) is 1. The normalized spacial score (nSPS) is 12.4. The van der Waals surface area contributed by atoms with Gasteiger partial charge in [0.15, 0.2) is 0 Å². The van der Waals surface area contributed by atoms with Crippen LogP contribution in [0.1, 0.15) is 23.4 Å². The summed E-state index contributed by atoms with van der Waals surface area (Å²) < 4.78 is 5.40. The lowest BCUT2D eigenvalue weighted by molar-refractivity contribution is 0.408. The number of thiophene rings is 1. The van der Waals surface area contributed by atoms with Gasteiger partial charge in [-0.15, -0.1) is 11.3 Å². The van der Waals surface area contributed by atoms with Crippen LogP contribution < -0.4 is 10.1 Å². The Hall–Kier alpha value is -1.03. The zero-order chi connectivity index (χ0) is 13.0. The van der Waals surface area contributed by atoms with Gasteiger partial charge in [-0.25, -0.2) is 0 Å². The topological polar surface area (TPSA) is 21.3 Å². The second kappa shape index (κ2) is 6.23. The average Bonchev–Trinajstić information content (AvgIpc) is 2.84. The quantitative estimate of drug-likeness (QED) is 0.890. The zero-order valence-corrected chi connectivity index (χ0v) is 12.0. The molecule has 0 aliphatic carbocycles. The van der Waals surface area contributed by atoms with Crippen LogP contribution in [-0.4, -0.2) is 13.7 Å². The molecule has 1 unspecified atom stereocenters.